The summed E-state index contributed by atoms with van der Waals surface area (Å²) in [5.74, 6) is 2.13. The highest BCUT2D eigenvalue weighted by Crippen LogP contribution is 2.36. The van der Waals surface area contributed by atoms with Gasteiger partial charge in [-0.2, -0.15) is 11.8 Å². The van der Waals surface area contributed by atoms with E-state index >= 15 is 0 Å². The number of carbonyl (C=O) groups excluding carboxylic acids is 1. The first-order valence-electron chi connectivity index (χ1n) is 15.7. The lowest BCUT2D eigenvalue weighted by Gasteiger charge is -2.24. The molecule has 0 heterocycles. The second kappa shape index (κ2) is 20.7. The number of rotatable bonds is 22. The van der Waals surface area contributed by atoms with Gasteiger partial charge in [-0.25, -0.2) is 0 Å². The van der Waals surface area contributed by atoms with Gasteiger partial charge >= 0.3 is 5.97 Å². The van der Waals surface area contributed by atoms with E-state index in [4.69, 9.17) is 4.74 Å². The van der Waals surface area contributed by atoms with E-state index in [0.29, 0.717) is 12.2 Å². The third-order valence-electron chi connectivity index (χ3n) is 7.68. The van der Waals surface area contributed by atoms with Crippen LogP contribution >= 0.6 is 11.8 Å². The fourth-order valence-electron chi connectivity index (χ4n) is 5.04. The van der Waals surface area contributed by atoms with Gasteiger partial charge in [0.15, 0.2) is 0 Å². The van der Waals surface area contributed by atoms with Crippen LogP contribution in [0.25, 0.3) is 0 Å². The predicted octanol–water partition coefficient (Wildman–Crippen LogP) is 10.7. The second-order valence-corrected chi connectivity index (χ2v) is 13.5. The summed E-state index contributed by atoms with van der Waals surface area (Å²) in [5.41, 5.74) is 3.62. The maximum atomic E-state index is 12.2. The smallest absolute Gasteiger partial charge is 0.306 e. The highest BCUT2D eigenvalue weighted by atomic mass is 32.2. The number of phenolic OH excluding ortho intramolecular Hbond substituents is 1. The van der Waals surface area contributed by atoms with Crippen molar-refractivity contribution in [1.29, 1.82) is 0 Å². The first-order chi connectivity index (χ1) is 18.2. The molecule has 0 fully saturated rings. The average molecular weight is 549 g/mol. The van der Waals surface area contributed by atoms with Gasteiger partial charge in [0.2, 0.25) is 0 Å². The number of esters is 1. The topological polar surface area (TPSA) is 46.5 Å². The van der Waals surface area contributed by atoms with Gasteiger partial charge in [-0.05, 0) is 53.7 Å². The number of carbonyl (C=O) groups is 1. The lowest BCUT2D eigenvalue weighted by atomic mass is 9.83. The molecule has 0 amide bonds. The zero-order valence-electron chi connectivity index (χ0n) is 25.9. The molecule has 38 heavy (non-hydrogen) atoms. The molecule has 3 nitrogen and oxygen atoms in total. The molecule has 1 aromatic carbocycles. The van der Waals surface area contributed by atoms with Crippen molar-refractivity contribution < 1.29 is 14.6 Å². The van der Waals surface area contributed by atoms with Crippen LogP contribution in [-0.4, -0.2) is 22.6 Å². The number of ether oxygens (including phenoxy) is 1. The van der Waals surface area contributed by atoms with Crippen LogP contribution in [0.2, 0.25) is 0 Å². The van der Waals surface area contributed by atoms with Crippen molar-refractivity contribution >= 4 is 17.7 Å². The number of aryl methyl sites for hydroxylation is 1. The van der Waals surface area contributed by atoms with Crippen molar-refractivity contribution in [3.05, 3.63) is 28.3 Å². The van der Waals surface area contributed by atoms with Crippen LogP contribution in [-0.2, 0) is 21.6 Å². The lowest BCUT2D eigenvalue weighted by Crippen LogP contribution is -2.14. The normalized spacial score (nSPS) is 11.7. The number of aromatic hydroxyl groups is 1. The largest absolute Gasteiger partial charge is 0.507 e. The summed E-state index contributed by atoms with van der Waals surface area (Å²) in [6.45, 7) is 12.7. The van der Waals surface area contributed by atoms with Gasteiger partial charge in [-0.3, -0.25) is 4.79 Å². The van der Waals surface area contributed by atoms with Crippen molar-refractivity contribution in [2.24, 2.45) is 0 Å². The SMILES string of the molecule is CCCCCCCCCCCCCCCCCCSCCC(=O)OCc1c(C)cc(C(C)(C)C)c(O)c1C. The van der Waals surface area contributed by atoms with E-state index in [1.165, 1.54) is 103 Å². The third-order valence-corrected chi connectivity index (χ3v) is 8.75. The molecule has 0 aromatic heterocycles. The van der Waals surface area contributed by atoms with E-state index in [2.05, 4.69) is 27.7 Å². The Labute approximate surface area is 240 Å². The van der Waals surface area contributed by atoms with E-state index in [1.54, 1.807) is 0 Å². The Morgan fingerprint density at radius 1 is 0.789 bits per heavy atom. The van der Waals surface area contributed by atoms with Crippen molar-refractivity contribution in [3.63, 3.8) is 0 Å². The zero-order chi connectivity index (χ0) is 28.2. The fraction of sp³-hybridized carbons (Fsp3) is 0.794. The van der Waals surface area contributed by atoms with Crippen LogP contribution in [0.15, 0.2) is 6.07 Å². The molecule has 0 atom stereocenters. The minimum Gasteiger partial charge on any atom is -0.507 e. The number of benzene rings is 1. The van der Waals surface area contributed by atoms with Gasteiger partial charge in [0.1, 0.15) is 12.4 Å². The number of phenols is 1. The molecule has 1 aromatic rings. The van der Waals surface area contributed by atoms with E-state index in [9.17, 15) is 9.90 Å². The average Bonchev–Trinajstić information content (AvgIpc) is 2.86. The van der Waals surface area contributed by atoms with Gasteiger partial charge in [0.05, 0.1) is 6.42 Å². The molecule has 0 bridgehead atoms. The summed E-state index contributed by atoms with van der Waals surface area (Å²) >= 11 is 1.86. The maximum Gasteiger partial charge on any atom is 0.306 e. The molecule has 0 unspecified atom stereocenters. The van der Waals surface area contributed by atoms with Gasteiger partial charge in [0, 0.05) is 5.75 Å². The number of unbranched alkanes of at least 4 members (excludes halogenated alkanes) is 15. The number of hydrogen-bond donors (Lipinski definition) is 1. The molecule has 4 heteroatoms. The summed E-state index contributed by atoms with van der Waals surface area (Å²) in [7, 11) is 0. The lowest BCUT2D eigenvalue weighted by molar-refractivity contribution is -0.144. The molecular weight excluding hydrogens is 488 g/mol. The second-order valence-electron chi connectivity index (χ2n) is 12.3. The van der Waals surface area contributed by atoms with Crippen molar-refractivity contribution in [3.8, 4) is 5.75 Å². The monoisotopic (exact) mass is 548 g/mol. The molecule has 0 aliphatic carbocycles. The first-order valence-corrected chi connectivity index (χ1v) is 16.9. The van der Waals surface area contributed by atoms with Gasteiger partial charge in [0.25, 0.3) is 0 Å². The zero-order valence-corrected chi connectivity index (χ0v) is 26.7. The number of thioether (sulfide) groups is 1. The number of hydrogen-bond acceptors (Lipinski definition) is 4. The summed E-state index contributed by atoms with van der Waals surface area (Å²) in [4.78, 5) is 12.2. The quantitative estimate of drug-likeness (QED) is 0.116. The Morgan fingerprint density at radius 3 is 1.74 bits per heavy atom. The highest BCUT2D eigenvalue weighted by molar-refractivity contribution is 7.99. The predicted molar refractivity (Wildman–Crippen MR) is 168 cm³/mol. The Hall–Kier alpha value is -1.16. The van der Waals surface area contributed by atoms with E-state index in [0.717, 1.165) is 33.8 Å². The van der Waals surface area contributed by atoms with Crippen LogP contribution in [0.4, 0.5) is 0 Å². The molecule has 1 N–H and O–H groups in total. The maximum absolute atomic E-state index is 12.2. The third kappa shape index (κ3) is 15.4. The Morgan fingerprint density at radius 2 is 1.26 bits per heavy atom. The molecule has 0 saturated carbocycles. The molecule has 0 aliphatic heterocycles. The summed E-state index contributed by atoms with van der Waals surface area (Å²) in [6.07, 6.45) is 22.8. The minimum absolute atomic E-state index is 0.127. The van der Waals surface area contributed by atoms with E-state index in [1.807, 2.05) is 31.7 Å². The molecule has 0 radical (unpaired) electrons. The van der Waals surface area contributed by atoms with Crippen LogP contribution in [0.3, 0.4) is 0 Å². The summed E-state index contributed by atoms with van der Waals surface area (Å²) in [5, 5.41) is 10.6. The van der Waals surface area contributed by atoms with Gasteiger partial charge < -0.3 is 9.84 Å². The van der Waals surface area contributed by atoms with Crippen LogP contribution in [0.1, 0.15) is 159 Å². The Balaban J connectivity index is 1.98. The molecule has 0 saturated heterocycles. The summed E-state index contributed by atoms with van der Waals surface area (Å²) < 4.78 is 5.54. The molecular formula is C34H60O3S. The van der Waals surface area contributed by atoms with Gasteiger partial charge in [-0.15, -0.1) is 0 Å². The van der Waals surface area contributed by atoms with Crippen molar-refractivity contribution in [1.82, 2.24) is 0 Å². The molecule has 0 spiro atoms. The fourth-order valence-corrected chi connectivity index (χ4v) is 5.96. The minimum atomic E-state index is -0.150. The van der Waals surface area contributed by atoms with Crippen LogP contribution in [0.5, 0.6) is 5.75 Å². The van der Waals surface area contributed by atoms with Crippen LogP contribution < -0.4 is 0 Å². The van der Waals surface area contributed by atoms with Gasteiger partial charge in [-0.1, -0.05) is 130 Å². The van der Waals surface area contributed by atoms with E-state index in [-0.39, 0.29) is 18.0 Å². The standard InChI is InChI=1S/C34H60O3S/c1-7-8-9-10-11-12-13-14-15-16-17-18-19-20-21-22-24-38-25-23-32(35)37-27-30-28(2)26-31(34(4,5)6)33(36)29(30)3/h26,36H,7-25,27H2,1-6H3. The van der Waals surface area contributed by atoms with Crippen molar-refractivity contribution in [2.45, 2.75) is 163 Å². The molecule has 0 aliphatic rings. The Kier molecular flexibility index (Phi) is 19.0. The summed E-state index contributed by atoms with van der Waals surface area (Å²) in [6, 6.07) is 2.03. The van der Waals surface area contributed by atoms with Crippen molar-refractivity contribution in [2.75, 3.05) is 11.5 Å². The molecule has 220 valence electrons. The first kappa shape index (κ1) is 34.9. The van der Waals surface area contributed by atoms with Crippen LogP contribution in [0, 0.1) is 13.8 Å². The highest BCUT2D eigenvalue weighted by Gasteiger charge is 2.22. The Bertz CT molecular complexity index is 766. The molecule has 1 rings (SSSR count). The van der Waals surface area contributed by atoms with E-state index < -0.39 is 0 Å².